The summed E-state index contributed by atoms with van der Waals surface area (Å²) < 4.78 is 0. The van der Waals surface area contributed by atoms with Gasteiger partial charge in [-0.25, -0.2) is 0 Å². The summed E-state index contributed by atoms with van der Waals surface area (Å²) in [5.41, 5.74) is -0.182. The van der Waals surface area contributed by atoms with Crippen LogP contribution < -0.4 is 0 Å². The van der Waals surface area contributed by atoms with Gasteiger partial charge < -0.3 is 5.41 Å². The predicted molar refractivity (Wildman–Crippen MR) is 98.4 cm³/mol. The highest BCUT2D eigenvalue weighted by Gasteiger charge is 2.56. The van der Waals surface area contributed by atoms with Crippen LogP contribution in [0.4, 0.5) is 0 Å². The molecule has 1 saturated carbocycles. The topological polar surface area (TPSA) is 98.5 Å². The summed E-state index contributed by atoms with van der Waals surface area (Å²) in [6.07, 6.45) is 1.91. The highest BCUT2D eigenvalue weighted by Crippen LogP contribution is 2.52. The molecule has 1 fully saturated rings. The molecule has 1 aromatic rings. The molecule has 130 valence electrons. The third kappa shape index (κ3) is 2.60. The number of hydrogen-bond donors (Lipinski definition) is 1. The lowest BCUT2D eigenvalue weighted by Gasteiger charge is -2.47. The molecule has 3 rings (SSSR count). The van der Waals surface area contributed by atoms with Crippen LogP contribution in [-0.4, -0.2) is 30.2 Å². The van der Waals surface area contributed by atoms with Gasteiger partial charge in [-0.15, -0.1) is 0 Å². The van der Waals surface area contributed by atoms with Gasteiger partial charge >= 0.3 is 0 Å². The average Bonchev–Trinajstić information content (AvgIpc) is 2.68. The van der Waals surface area contributed by atoms with E-state index in [1.807, 2.05) is 30.3 Å². The Labute approximate surface area is 158 Å². The summed E-state index contributed by atoms with van der Waals surface area (Å²) >= 11 is 6.01. The van der Waals surface area contributed by atoms with Crippen molar-refractivity contribution in [3.63, 3.8) is 0 Å². The summed E-state index contributed by atoms with van der Waals surface area (Å²) in [6.45, 7) is 4.20. The van der Waals surface area contributed by atoms with Crippen LogP contribution in [0.1, 0.15) is 18.4 Å². The molecule has 3 atom stereocenters. The zero-order valence-corrected chi connectivity index (χ0v) is 15.2. The molecule has 0 amide bonds. The Hall–Kier alpha value is -2.65. The summed E-state index contributed by atoms with van der Waals surface area (Å²) in [5.74, 6) is -1.27. The van der Waals surface area contributed by atoms with Crippen molar-refractivity contribution in [1.82, 2.24) is 4.90 Å². The van der Waals surface area contributed by atoms with Gasteiger partial charge in [-0.3, -0.25) is 4.90 Å². The highest BCUT2D eigenvalue weighted by molar-refractivity contribution is 6.30. The number of nitrogens with zero attached hydrogens (tertiary/aromatic N) is 4. The molecule has 5 nitrogen and oxygen atoms in total. The maximum absolute atomic E-state index is 9.82. The molecule has 0 radical (unpaired) electrons. The minimum Gasteiger partial charge on any atom is -0.305 e. The van der Waals surface area contributed by atoms with E-state index in [1.165, 1.54) is 0 Å². The van der Waals surface area contributed by atoms with Crippen LogP contribution in [0, 0.1) is 56.7 Å². The molecule has 1 aromatic carbocycles. The first-order valence-corrected chi connectivity index (χ1v) is 8.89. The van der Waals surface area contributed by atoms with Crippen LogP contribution in [0.2, 0.25) is 5.02 Å². The molecule has 0 bridgehead atoms. The van der Waals surface area contributed by atoms with Crippen LogP contribution >= 0.6 is 11.6 Å². The lowest BCUT2D eigenvalue weighted by molar-refractivity contribution is 0.218. The maximum atomic E-state index is 9.82. The largest absolute Gasteiger partial charge is 0.305 e. The van der Waals surface area contributed by atoms with Crippen molar-refractivity contribution in [2.75, 3.05) is 19.6 Å². The Bertz CT molecular complexity index is 867. The summed E-state index contributed by atoms with van der Waals surface area (Å²) in [7, 11) is 0. The number of rotatable bonds is 2. The Balaban J connectivity index is 2.21. The van der Waals surface area contributed by atoms with Crippen LogP contribution in [0.3, 0.4) is 0 Å². The van der Waals surface area contributed by atoms with Crippen molar-refractivity contribution in [2.45, 2.75) is 12.8 Å². The normalized spacial score (nSPS) is 27.4. The molecule has 0 unspecified atom stereocenters. The van der Waals surface area contributed by atoms with Crippen LogP contribution in [0.15, 0.2) is 35.9 Å². The molecule has 1 heterocycles. The van der Waals surface area contributed by atoms with E-state index >= 15 is 0 Å². The van der Waals surface area contributed by atoms with E-state index in [0.29, 0.717) is 23.7 Å². The highest BCUT2D eigenvalue weighted by atomic mass is 35.5. The van der Waals surface area contributed by atoms with Crippen LogP contribution in [0.5, 0.6) is 0 Å². The summed E-state index contributed by atoms with van der Waals surface area (Å²) in [5, 5.41) is 38.5. The minimum absolute atomic E-state index is 0.114. The van der Waals surface area contributed by atoms with E-state index in [2.05, 4.69) is 17.9 Å². The Morgan fingerprint density at radius 1 is 1.23 bits per heavy atom. The SMILES string of the molecule is CCN1CC=C2[C@@H](C1)[C@H](c1ccc(Cl)cc1)[C@H](C#N)C(=N)C2(C#N)C#N. The number of hydrogen-bond acceptors (Lipinski definition) is 5. The second-order valence-corrected chi connectivity index (χ2v) is 7.13. The van der Waals surface area contributed by atoms with Gasteiger partial charge in [0.2, 0.25) is 5.41 Å². The second kappa shape index (κ2) is 6.93. The lowest BCUT2D eigenvalue weighted by atomic mass is 9.55. The van der Waals surface area contributed by atoms with E-state index < -0.39 is 11.3 Å². The van der Waals surface area contributed by atoms with Crippen molar-refractivity contribution in [3.05, 3.63) is 46.5 Å². The van der Waals surface area contributed by atoms with E-state index in [-0.39, 0.29) is 17.5 Å². The molecule has 0 spiro atoms. The Morgan fingerprint density at radius 3 is 2.42 bits per heavy atom. The Morgan fingerprint density at radius 2 is 1.88 bits per heavy atom. The molecule has 1 N–H and O–H groups in total. The molecule has 1 aliphatic heterocycles. The monoisotopic (exact) mass is 363 g/mol. The first-order valence-electron chi connectivity index (χ1n) is 8.51. The van der Waals surface area contributed by atoms with E-state index in [9.17, 15) is 15.8 Å². The van der Waals surface area contributed by atoms with Gasteiger partial charge in [0.25, 0.3) is 0 Å². The van der Waals surface area contributed by atoms with Gasteiger partial charge in [0.05, 0.1) is 29.8 Å². The molecule has 1 aliphatic carbocycles. The molecule has 0 saturated heterocycles. The van der Waals surface area contributed by atoms with Crippen molar-refractivity contribution in [2.24, 2.45) is 17.3 Å². The first-order chi connectivity index (χ1) is 12.5. The van der Waals surface area contributed by atoms with Gasteiger partial charge in [-0.2, -0.15) is 15.8 Å². The van der Waals surface area contributed by atoms with E-state index in [4.69, 9.17) is 17.0 Å². The maximum Gasteiger partial charge on any atom is 0.203 e. The number of nitriles is 3. The van der Waals surface area contributed by atoms with Gasteiger partial charge in [-0.1, -0.05) is 36.7 Å². The number of benzene rings is 1. The van der Waals surface area contributed by atoms with Gasteiger partial charge in [0.15, 0.2) is 0 Å². The zero-order valence-electron chi connectivity index (χ0n) is 14.4. The quantitative estimate of drug-likeness (QED) is 0.812. The molecular weight excluding hydrogens is 346 g/mol. The fourth-order valence-corrected chi connectivity index (χ4v) is 4.28. The standard InChI is InChI=1S/C20H18ClN5/c1-2-26-8-7-17-16(10-26)18(13-3-5-14(21)6-4-13)15(9-22)19(25)20(17,11-23)12-24/h3-7,15-16,18,25H,2,8,10H2,1H3/t15-,16+,18+/m0/s1. The van der Waals surface area contributed by atoms with E-state index in [1.54, 1.807) is 12.1 Å². The Kier molecular flexibility index (Phi) is 4.84. The third-order valence-electron chi connectivity index (χ3n) is 5.54. The fraction of sp³-hybridized carbons (Fsp3) is 0.400. The van der Waals surface area contributed by atoms with Crippen molar-refractivity contribution < 1.29 is 0 Å². The number of halogens is 1. The van der Waals surface area contributed by atoms with E-state index in [0.717, 1.165) is 12.1 Å². The van der Waals surface area contributed by atoms with Gasteiger partial charge in [-0.05, 0) is 29.8 Å². The number of fused-ring (bicyclic) bond motifs is 1. The smallest absolute Gasteiger partial charge is 0.203 e. The molecule has 26 heavy (non-hydrogen) atoms. The predicted octanol–water partition coefficient (Wildman–Crippen LogP) is 3.51. The van der Waals surface area contributed by atoms with Gasteiger partial charge in [0.1, 0.15) is 0 Å². The number of nitrogens with one attached hydrogen (secondary N) is 1. The fourth-order valence-electron chi connectivity index (χ4n) is 4.16. The van der Waals surface area contributed by atoms with Crippen LogP contribution in [-0.2, 0) is 0 Å². The van der Waals surface area contributed by atoms with Crippen molar-refractivity contribution >= 4 is 17.3 Å². The van der Waals surface area contributed by atoms with Crippen molar-refractivity contribution in [1.29, 1.82) is 21.2 Å². The number of likely N-dealkylation sites (N-methyl/N-ethyl adjacent to an activating group) is 1. The minimum atomic E-state index is -1.65. The molecule has 0 aromatic heterocycles. The summed E-state index contributed by atoms with van der Waals surface area (Å²) in [6, 6.07) is 13.6. The third-order valence-corrected chi connectivity index (χ3v) is 5.79. The van der Waals surface area contributed by atoms with Crippen molar-refractivity contribution in [3.8, 4) is 18.2 Å². The first kappa shape index (κ1) is 18.2. The van der Waals surface area contributed by atoms with Crippen LogP contribution in [0.25, 0.3) is 0 Å². The molecule has 2 aliphatic rings. The lowest BCUT2D eigenvalue weighted by Crippen LogP contribution is -2.52. The molecule has 6 heteroatoms. The van der Waals surface area contributed by atoms with Gasteiger partial charge in [0, 0.05) is 29.9 Å². The second-order valence-electron chi connectivity index (χ2n) is 6.69. The average molecular weight is 364 g/mol. The molecular formula is C20H18ClN5. The summed E-state index contributed by atoms with van der Waals surface area (Å²) in [4.78, 5) is 2.22. The zero-order chi connectivity index (χ0) is 18.9.